The SMILES string of the molecule is NNC(=O)c1ccccc1CN1CCOC1=O. The van der Waals surface area contributed by atoms with Crippen LogP contribution in [-0.4, -0.2) is 30.1 Å². The number of hydrogen-bond acceptors (Lipinski definition) is 4. The Morgan fingerprint density at radius 2 is 2.24 bits per heavy atom. The molecule has 2 rings (SSSR count). The van der Waals surface area contributed by atoms with Gasteiger partial charge in [0, 0.05) is 12.1 Å². The van der Waals surface area contributed by atoms with Crippen LogP contribution >= 0.6 is 0 Å². The molecule has 1 saturated heterocycles. The molecule has 0 aliphatic carbocycles. The summed E-state index contributed by atoms with van der Waals surface area (Å²) in [6, 6.07) is 7.01. The normalized spacial score (nSPS) is 14.6. The summed E-state index contributed by atoms with van der Waals surface area (Å²) in [6.07, 6.45) is -0.354. The fraction of sp³-hybridized carbons (Fsp3) is 0.273. The number of carbonyl (C=O) groups excluding carboxylic acids is 2. The quantitative estimate of drug-likeness (QED) is 0.446. The lowest BCUT2D eigenvalue weighted by Crippen LogP contribution is -2.32. The van der Waals surface area contributed by atoms with Gasteiger partial charge >= 0.3 is 6.09 Å². The van der Waals surface area contributed by atoms with Gasteiger partial charge in [-0.2, -0.15) is 0 Å². The van der Waals surface area contributed by atoms with E-state index in [0.717, 1.165) is 5.56 Å². The van der Waals surface area contributed by atoms with Crippen molar-refractivity contribution in [2.45, 2.75) is 6.54 Å². The number of benzene rings is 1. The first-order valence-electron chi connectivity index (χ1n) is 5.23. The molecule has 0 aromatic heterocycles. The van der Waals surface area contributed by atoms with Crippen LogP contribution in [0.15, 0.2) is 24.3 Å². The van der Waals surface area contributed by atoms with Crippen molar-refractivity contribution >= 4 is 12.0 Å². The molecular formula is C11H13N3O3. The summed E-state index contributed by atoms with van der Waals surface area (Å²) in [4.78, 5) is 24.4. The summed E-state index contributed by atoms with van der Waals surface area (Å²) < 4.78 is 4.83. The molecule has 0 spiro atoms. The number of amides is 2. The molecule has 0 unspecified atom stereocenters. The van der Waals surface area contributed by atoms with E-state index in [9.17, 15) is 9.59 Å². The molecule has 6 nitrogen and oxygen atoms in total. The van der Waals surface area contributed by atoms with E-state index in [4.69, 9.17) is 10.6 Å². The third-order valence-corrected chi connectivity index (χ3v) is 2.60. The van der Waals surface area contributed by atoms with Crippen LogP contribution in [0.1, 0.15) is 15.9 Å². The standard InChI is InChI=1S/C11H13N3O3/c12-13-10(15)9-4-2-1-3-8(9)7-14-5-6-17-11(14)16/h1-4H,5-7,12H2,(H,13,15). The average molecular weight is 235 g/mol. The van der Waals surface area contributed by atoms with Gasteiger partial charge in [-0.15, -0.1) is 0 Å². The van der Waals surface area contributed by atoms with Gasteiger partial charge in [-0.25, -0.2) is 10.6 Å². The van der Waals surface area contributed by atoms with E-state index < -0.39 is 0 Å². The van der Waals surface area contributed by atoms with Crippen LogP contribution in [0.5, 0.6) is 0 Å². The van der Waals surface area contributed by atoms with Gasteiger partial charge in [0.25, 0.3) is 5.91 Å². The molecule has 1 aromatic rings. The van der Waals surface area contributed by atoms with Gasteiger partial charge in [0.05, 0.1) is 6.54 Å². The van der Waals surface area contributed by atoms with E-state index in [-0.39, 0.29) is 12.0 Å². The third kappa shape index (κ3) is 2.36. The van der Waals surface area contributed by atoms with Gasteiger partial charge in [-0.3, -0.25) is 10.2 Å². The molecule has 1 heterocycles. The number of hydrazine groups is 1. The zero-order valence-electron chi connectivity index (χ0n) is 9.18. The van der Waals surface area contributed by atoms with E-state index in [2.05, 4.69) is 5.43 Å². The Kier molecular flexibility index (Phi) is 3.24. The predicted octanol–water partition coefficient (Wildman–Crippen LogP) is 0.242. The monoisotopic (exact) mass is 235 g/mol. The summed E-state index contributed by atoms with van der Waals surface area (Å²) in [7, 11) is 0. The average Bonchev–Trinajstić information content (AvgIpc) is 2.75. The van der Waals surface area contributed by atoms with Crippen LogP contribution in [-0.2, 0) is 11.3 Å². The fourth-order valence-corrected chi connectivity index (χ4v) is 1.73. The van der Waals surface area contributed by atoms with Crippen LogP contribution in [0, 0.1) is 0 Å². The summed E-state index contributed by atoms with van der Waals surface area (Å²) in [5.74, 6) is 4.74. The number of hydrogen-bond donors (Lipinski definition) is 2. The van der Waals surface area contributed by atoms with Crippen LogP contribution in [0.2, 0.25) is 0 Å². The molecule has 2 amide bonds. The number of nitrogen functional groups attached to an aromatic ring is 1. The van der Waals surface area contributed by atoms with Crippen molar-refractivity contribution in [2.75, 3.05) is 13.2 Å². The molecule has 1 aromatic carbocycles. The van der Waals surface area contributed by atoms with Gasteiger partial charge < -0.3 is 9.64 Å². The highest BCUT2D eigenvalue weighted by atomic mass is 16.6. The van der Waals surface area contributed by atoms with E-state index in [0.29, 0.717) is 25.3 Å². The highest BCUT2D eigenvalue weighted by Crippen LogP contribution is 2.14. The van der Waals surface area contributed by atoms with Crippen LogP contribution in [0.4, 0.5) is 4.79 Å². The van der Waals surface area contributed by atoms with Crippen LogP contribution in [0.25, 0.3) is 0 Å². The molecule has 0 radical (unpaired) electrons. The minimum atomic E-state index is -0.367. The molecule has 17 heavy (non-hydrogen) atoms. The molecular weight excluding hydrogens is 222 g/mol. The van der Waals surface area contributed by atoms with E-state index >= 15 is 0 Å². The highest BCUT2D eigenvalue weighted by molar-refractivity contribution is 5.95. The van der Waals surface area contributed by atoms with Crippen molar-refractivity contribution in [3.8, 4) is 0 Å². The molecule has 3 N–H and O–H groups in total. The Morgan fingerprint density at radius 1 is 1.47 bits per heavy atom. The Hall–Kier alpha value is -2.08. The zero-order valence-corrected chi connectivity index (χ0v) is 9.18. The van der Waals surface area contributed by atoms with Crippen molar-refractivity contribution < 1.29 is 14.3 Å². The number of nitrogens with two attached hydrogens (primary N) is 1. The van der Waals surface area contributed by atoms with Crippen molar-refractivity contribution in [3.05, 3.63) is 35.4 Å². The van der Waals surface area contributed by atoms with Crippen molar-refractivity contribution in [3.63, 3.8) is 0 Å². The number of ether oxygens (including phenoxy) is 1. The first kappa shape index (κ1) is 11.4. The lowest BCUT2D eigenvalue weighted by molar-refractivity contribution is 0.0951. The molecule has 6 heteroatoms. The molecule has 1 aliphatic heterocycles. The number of nitrogens with zero attached hydrogens (tertiary/aromatic N) is 1. The van der Waals surface area contributed by atoms with Gasteiger partial charge in [-0.05, 0) is 11.6 Å². The van der Waals surface area contributed by atoms with Crippen molar-refractivity contribution in [1.82, 2.24) is 10.3 Å². The van der Waals surface area contributed by atoms with Crippen LogP contribution in [0.3, 0.4) is 0 Å². The van der Waals surface area contributed by atoms with E-state index in [1.54, 1.807) is 23.1 Å². The topological polar surface area (TPSA) is 84.7 Å². The molecule has 0 bridgehead atoms. The molecule has 90 valence electrons. The molecule has 1 fully saturated rings. The summed E-state index contributed by atoms with van der Waals surface area (Å²) in [5, 5.41) is 0. The smallest absolute Gasteiger partial charge is 0.410 e. The predicted molar refractivity (Wildman–Crippen MR) is 59.9 cm³/mol. The maximum atomic E-state index is 11.5. The minimum absolute atomic E-state index is 0.350. The first-order chi connectivity index (χ1) is 8.22. The van der Waals surface area contributed by atoms with Crippen molar-refractivity contribution in [2.24, 2.45) is 5.84 Å². The molecule has 1 aliphatic rings. The fourth-order valence-electron chi connectivity index (χ4n) is 1.73. The largest absolute Gasteiger partial charge is 0.448 e. The minimum Gasteiger partial charge on any atom is -0.448 e. The number of cyclic esters (lactones) is 1. The van der Waals surface area contributed by atoms with Crippen LogP contribution < -0.4 is 11.3 Å². The highest BCUT2D eigenvalue weighted by Gasteiger charge is 2.23. The van der Waals surface area contributed by atoms with E-state index in [1.807, 2.05) is 6.07 Å². The van der Waals surface area contributed by atoms with Gasteiger partial charge in [0.2, 0.25) is 0 Å². The first-order valence-corrected chi connectivity index (χ1v) is 5.23. The lowest BCUT2D eigenvalue weighted by Gasteiger charge is -2.14. The maximum absolute atomic E-state index is 11.5. The van der Waals surface area contributed by atoms with Gasteiger partial charge in [0.15, 0.2) is 0 Å². The second kappa shape index (κ2) is 4.84. The Labute approximate surface area is 98.3 Å². The molecule has 0 atom stereocenters. The second-order valence-corrected chi connectivity index (χ2v) is 3.67. The Morgan fingerprint density at radius 3 is 2.88 bits per heavy atom. The van der Waals surface area contributed by atoms with Gasteiger partial charge in [-0.1, -0.05) is 18.2 Å². The summed E-state index contributed by atoms with van der Waals surface area (Å²) in [5.41, 5.74) is 3.30. The molecule has 0 saturated carbocycles. The second-order valence-electron chi connectivity index (χ2n) is 3.67. The lowest BCUT2D eigenvalue weighted by atomic mass is 10.1. The third-order valence-electron chi connectivity index (χ3n) is 2.60. The Balaban J connectivity index is 2.20. The maximum Gasteiger partial charge on any atom is 0.410 e. The summed E-state index contributed by atoms with van der Waals surface area (Å²) in [6.45, 7) is 1.28. The number of nitrogens with one attached hydrogen (secondary N) is 1. The summed E-state index contributed by atoms with van der Waals surface area (Å²) >= 11 is 0. The van der Waals surface area contributed by atoms with Gasteiger partial charge in [0.1, 0.15) is 6.61 Å². The van der Waals surface area contributed by atoms with Crippen molar-refractivity contribution in [1.29, 1.82) is 0 Å². The Bertz CT molecular complexity index is 447. The number of rotatable bonds is 3. The van der Waals surface area contributed by atoms with E-state index in [1.165, 1.54) is 0 Å². The number of carbonyl (C=O) groups is 2. The zero-order chi connectivity index (χ0) is 12.3.